The van der Waals surface area contributed by atoms with Crippen molar-refractivity contribution in [3.05, 3.63) is 46.4 Å². The van der Waals surface area contributed by atoms with Gasteiger partial charge in [0.05, 0.1) is 12.3 Å². The zero-order valence-corrected chi connectivity index (χ0v) is 18.9. The Morgan fingerprint density at radius 3 is 2.81 bits per heavy atom. The van der Waals surface area contributed by atoms with Gasteiger partial charge in [-0.2, -0.15) is 4.68 Å². The number of ether oxygens (including phenoxy) is 1. The summed E-state index contributed by atoms with van der Waals surface area (Å²) < 4.78 is 8.94. The maximum Gasteiger partial charge on any atom is 0.319 e. The van der Waals surface area contributed by atoms with E-state index < -0.39 is 0 Å². The molecule has 3 heterocycles. The monoisotopic (exact) mass is 440 g/mol. The summed E-state index contributed by atoms with van der Waals surface area (Å²) in [5.74, 6) is 0.207. The van der Waals surface area contributed by atoms with Crippen LogP contribution in [0, 0.1) is 0 Å². The van der Waals surface area contributed by atoms with Crippen molar-refractivity contribution in [3.8, 4) is 17.1 Å². The molecule has 0 amide bonds. The van der Waals surface area contributed by atoms with Crippen molar-refractivity contribution in [2.45, 2.75) is 69.3 Å². The second kappa shape index (κ2) is 9.68. The van der Waals surface area contributed by atoms with Crippen molar-refractivity contribution in [3.63, 3.8) is 0 Å². The molecule has 1 aromatic carbocycles. The number of para-hydroxylation sites is 1. The van der Waals surface area contributed by atoms with Crippen molar-refractivity contribution in [1.82, 2.24) is 19.3 Å². The number of carbonyl (C=O) groups excluding carboxylic acids is 1. The fourth-order valence-electron chi connectivity index (χ4n) is 3.83. The molecule has 0 aromatic heterocycles. The Kier molecular flexibility index (Phi) is 6.75. The zero-order valence-electron chi connectivity index (χ0n) is 18.0. The Bertz CT molecular complexity index is 1080. The summed E-state index contributed by atoms with van der Waals surface area (Å²) in [6.07, 6.45) is 5.79. The average Bonchev–Trinajstić information content (AvgIpc) is 2.95. The van der Waals surface area contributed by atoms with Gasteiger partial charge in [0, 0.05) is 12.2 Å². The van der Waals surface area contributed by atoms with Crippen LogP contribution in [0.3, 0.4) is 0 Å². The molecule has 7 nitrogen and oxygen atoms in total. The van der Waals surface area contributed by atoms with Crippen molar-refractivity contribution in [2.75, 3.05) is 6.61 Å². The maximum atomic E-state index is 13.3. The lowest BCUT2D eigenvalue weighted by atomic mass is 10.1. The van der Waals surface area contributed by atoms with Gasteiger partial charge in [-0.1, -0.05) is 49.7 Å². The van der Waals surface area contributed by atoms with Crippen LogP contribution < -0.4 is 5.56 Å². The van der Waals surface area contributed by atoms with Gasteiger partial charge in [-0.05, 0) is 44.7 Å². The molecular formula is C23H28N4O3S. The van der Waals surface area contributed by atoms with E-state index in [1.54, 1.807) is 0 Å². The summed E-state index contributed by atoms with van der Waals surface area (Å²) in [5, 5.41) is 4.88. The number of aromatic nitrogens is 4. The Morgan fingerprint density at radius 1 is 1.23 bits per heavy atom. The van der Waals surface area contributed by atoms with Crippen molar-refractivity contribution >= 4 is 17.7 Å². The number of nitrogens with zero attached hydrogens (tertiary/aromatic N) is 4. The summed E-state index contributed by atoms with van der Waals surface area (Å²) in [6, 6.07) is 9.41. The molecule has 0 N–H and O–H groups in total. The van der Waals surface area contributed by atoms with Gasteiger partial charge in [0.15, 0.2) is 11.0 Å². The minimum atomic E-state index is -0.385. The molecule has 0 fully saturated rings. The largest absolute Gasteiger partial charge is 0.465 e. The molecule has 3 aliphatic rings. The lowest BCUT2D eigenvalue weighted by Gasteiger charge is -2.19. The SMILES string of the molecule is CCCCOC(=O)C(C)Sc1nc2nn(-c3ccccc3)c(=O)c-2c2n1CCCCC2. The second-order valence-electron chi connectivity index (χ2n) is 7.84. The molecule has 1 aromatic rings. The minimum Gasteiger partial charge on any atom is -0.465 e. The number of hydrogen-bond donors (Lipinski definition) is 0. The number of esters is 1. The molecule has 1 unspecified atom stereocenters. The number of benzene rings is 1. The number of unbranched alkanes of at least 4 members (excludes halogenated alkanes) is 1. The molecule has 0 saturated heterocycles. The highest BCUT2D eigenvalue weighted by atomic mass is 32.2. The highest BCUT2D eigenvalue weighted by molar-refractivity contribution is 8.00. The van der Waals surface area contributed by atoms with E-state index in [2.05, 4.69) is 16.6 Å². The molecule has 0 spiro atoms. The van der Waals surface area contributed by atoms with E-state index in [1.165, 1.54) is 16.4 Å². The quantitative estimate of drug-likeness (QED) is 0.238. The molecule has 0 bridgehead atoms. The molecular weight excluding hydrogens is 412 g/mol. The van der Waals surface area contributed by atoms with E-state index in [1.807, 2.05) is 37.3 Å². The number of hydrogen-bond acceptors (Lipinski definition) is 6. The Balaban J connectivity index is 1.74. The van der Waals surface area contributed by atoms with Crippen LogP contribution in [0.1, 0.15) is 51.6 Å². The second-order valence-corrected chi connectivity index (χ2v) is 9.14. The van der Waals surface area contributed by atoms with Gasteiger partial charge in [0.1, 0.15) is 10.8 Å². The molecule has 8 heteroatoms. The highest BCUT2D eigenvalue weighted by Gasteiger charge is 2.28. The number of rotatable bonds is 7. The van der Waals surface area contributed by atoms with Crippen LogP contribution in [-0.2, 0) is 22.5 Å². The molecule has 4 rings (SSSR count). The van der Waals surface area contributed by atoms with Crippen LogP contribution >= 0.6 is 11.8 Å². The topological polar surface area (TPSA) is 79.0 Å². The van der Waals surface area contributed by atoms with E-state index in [0.29, 0.717) is 18.0 Å². The number of thioether (sulfide) groups is 1. The first-order valence-electron chi connectivity index (χ1n) is 11.0. The lowest BCUT2D eigenvalue weighted by Crippen LogP contribution is -2.21. The van der Waals surface area contributed by atoms with Gasteiger partial charge in [-0.25, -0.2) is 4.98 Å². The first-order valence-corrected chi connectivity index (χ1v) is 11.9. The first kappa shape index (κ1) is 21.6. The average molecular weight is 441 g/mol. The first-order chi connectivity index (χ1) is 15.1. The maximum absolute atomic E-state index is 13.3. The van der Waals surface area contributed by atoms with Gasteiger partial charge < -0.3 is 9.30 Å². The fraction of sp³-hybridized carbons (Fsp3) is 0.478. The molecule has 0 aliphatic carbocycles. The standard InChI is InChI=1S/C23H28N4O3S/c1-3-4-15-30-22(29)16(2)31-23-24-20-19(18-13-9-6-10-14-26(18)23)21(28)27(25-20)17-11-7-5-8-12-17/h5,7-8,11-12,16H,3-4,6,9-10,13-15H2,1-2H3. The van der Waals surface area contributed by atoms with Gasteiger partial charge in [-0.15, -0.1) is 5.10 Å². The predicted octanol–water partition coefficient (Wildman–Crippen LogP) is 4.08. The van der Waals surface area contributed by atoms with Crippen LogP contribution in [-0.4, -0.2) is 37.2 Å². The molecule has 0 saturated carbocycles. The smallest absolute Gasteiger partial charge is 0.319 e. The molecule has 31 heavy (non-hydrogen) atoms. The summed E-state index contributed by atoms with van der Waals surface area (Å²) in [6.45, 7) is 5.14. The van der Waals surface area contributed by atoms with E-state index in [4.69, 9.17) is 9.72 Å². The third-order valence-electron chi connectivity index (χ3n) is 5.52. The highest BCUT2D eigenvalue weighted by Crippen LogP contribution is 2.32. The third-order valence-corrected chi connectivity index (χ3v) is 6.59. The Labute approximate surface area is 186 Å². The fourth-order valence-corrected chi connectivity index (χ4v) is 4.78. The predicted molar refractivity (Wildman–Crippen MR) is 121 cm³/mol. The lowest BCUT2D eigenvalue weighted by molar-refractivity contribution is -0.142. The van der Waals surface area contributed by atoms with Crippen molar-refractivity contribution < 1.29 is 9.53 Å². The van der Waals surface area contributed by atoms with Crippen LogP contribution in [0.5, 0.6) is 0 Å². The summed E-state index contributed by atoms with van der Waals surface area (Å²) in [5.41, 5.74) is 2.15. The zero-order chi connectivity index (χ0) is 21.8. The van der Waals surface area contributed by atoms with Crippen LogP contribution in [0.4, 0.5) is 0 Å². The Hall–Kier alpha value is -2.61. The van der Waals surface area contributed by atoms with E-state index in [9.17, 15) is 9.59 Å². The molecule has 0 radical (unpaired) electrons. The minimum absolute atomic E-state index is 0.136. The number of fused-ring (bicyclic) bond motifs is 3. The summed E-state index contributed by atoms with van der Waals surface area (Å²) in [7, 11) is 0. The van der Waals surface area contributed by atoms with E-state index in [-0.39, 0.29) is 16.8 Å². The third kappa shape index (κ3) is 4.54. The van der Waals surface area contributed by atoms with Crippen LogP contribution in [0.15, 0.2) is 40.3 Å². The van der Waals surface area contributed by atoms with Crippen LogP contribution in [0.25, 0.3) is 17.1 Å². The van der Waals surface area contributed by atoms with E-state index in [0.717, 1.165) is 61.6 Å². The normalized spacial score (nSPS) is 14.8. The molecule has 1 atom stereocenters. The van der Waals surface area contributed by atoms with Gasteiger partial charge in [0.25, 0.3) is 5.56 Å². The Morgan fingerprint density at radius 2 is 2.03 bits per heavy atom. The van der Waals surface area contributed by atoms with Crippen molar-refractivity contribution in [2.24, 2.45) is 0 Å². The molecule has 3 aliphatic heterocycles. The van der Waals surface area contributed by atoms with Crippen LogP contribution in [0.2, 0.25) is 0 Å². The van der Waals surface area contributed by atoms with E-state index >= 15 is 0 Å². The summed E-state index contributed by atoms with van der Waals surface area (Å²) in [4.78, 5) is 30.4. The number of carbonyl (C=O) groups is 1. The molecule has 164 valence electrons. The van der Waals surface area contributed by atoms with Gasteiger partial charge in [0.2, 0.25) is 0 Å². The summed E-state index contributed by atoms with van der Waals surface area (Å²) >= 11 is 1.39. The van der Waals surface area contributed by atoms with Gasteiger partial charge >= 0.3 is 5.97 Å². The van der Waals surface area contributed by atoms with Gasteiger partial charge in [-0.3, -0.25) is 9.59 Å². The van der Waals surface area contributed by atoms with Crippen molar-refractivity contribution in [1.29, 1.82) is 0 Å².